The van der Waals surface area contributed by atoms with Crippen molar-refractivity contribution in [3.05, 3.63) is 70.9 Å². The number of hydrogen-bond donors (Lipinski definition) is 2. The van der Waals surface area contributed by atoms with Gasteiger partial charge in [-0.3, -0.25) is 9.89 Å². The molecule has 0 spiro atoms. The minimum atomic E-state index is -1.17. The van der Waals surface area contributed by atoms with Gasteiger partial charge in [0.1, 0.15) is 5.92 Å². The van der Waals surface area contributed by atoms with Gasteiger partial charge in [-0.15, -0.1) is 0 Å². The highest BCUT2D eigenvalue weighted by atomic mass is 35.5. The van der Waals surface area contributed by atoms with E-state index in [1.807, 2.05) is 30.3 Å². The van der Waals surface area contributed by atoms with Crippen molar-refractivity contribution in [1.29, 1.82) is 0 Å². The van der Waals surface area contributed by atoms with Crippen molar-refractivity contribution in [3.8, 4) is 11.3 Å². The predicted molar refractivity (Wildman–Crippen MR) is 106 cm³/mol. The van der Waals surface area contributed by atoms with Crippen molar-refractivity contribution in [2.45, 2.75) is 12.8 Å². The number of H-pyrrole nitrogens is 1. The van der Waals surface area contributed by atoms with E-state index in [0.29, 0.717) is 17.0 Å². The first-order valence-corrected chi connectivity index (χ1v) is 8.85. The lowest BCUT2D eigenvalue weighted by atomic mass is 9.93. The summed E-state index contributed by atoms with van der Waals surface area (Å²) in [5.74, 6) is -2.07. The molecule has 1 aliphatic heterocycles. The van der Waals surface area contributed by atoms with Crippen LogP contribution in [0.25, 0.3) is 11.3 Å². The Kier molecular flexibility index (Phi) is 4.44. The molecule has 28 heavy (non-hydrogen) atoms. The fraction of sp³-hybridized carbons (Fsp3) is 0.100. The SMILES string of the molecule is CC1=NN(c2ccc(Cl)c(C(=O)O)c2)C(=O)[C@@H]1c1cn[nH]c1-c1ccccc1. The monoisotopic (exact) mass is 394 g/mol. The average Bonchev–Trinajstić information content (AvgIpc) is 3.27. The number of aromatic amines is 1. The van der Waals surface area contributed by atoms with Crippen molar-refractivity contribution in [1.82, 2.24) is 10.2 Å². The molecule has 1 amide bonds. The van der Waals surface area contributed by atoms with E-state index in [-0.39, 0.29) is 16.5 Å². The maximum Gasteiger partial charge on any atom is 0.337 e. The maximum atomic E-state index is 13.2. The van der Waals surface area contributed by atoms with Gasteiger partial charge in [0.2, 0.25) is 0 Å². The van der Waals surface area contributed by atoms with Crippen molar-refractivity contribution in [2.75, 3.05) is 5.01 Å². The van der Waals surface area contributed by atoms with Crippen LogP contribution in [0.15, 0.2) is 59.8 Å². The number of aromatic carboxylic acids is 1. The third-order valence-corrected chi connectivity index (χ3v) is 4.93. The minimum absolute atomic E-state index is 0.0865. The van der Waals surface area contributed by atoms with Crippen LogP contribution in [0.3, 0.4) is 0 Å². The van der Waals surface area contributed by atoms with Gasteiger partial charge in [-0.1, -0.05) is 41.9 Å². The number of aromatic nitrogens is 2. The second kappa shape index (κ2) is 6.94. The molecule has 0 aliphatic carbocycles. The zero-order valence-electron chi connectivity index (χ0n) is 14.8. The standard InChI is InChI=1S/C20H15ClN4O3/c1-11-17(15-10-22-23-18(15)12-5-3-2-4-6-12)19(26)25(24-11)13-7-8-16(21)14(9-13)20(27)28/h2-10,17H,1H3,(H,22,23)(H,27,28)/t17-/m0/s1. The summed E-state index contributed by atoms with van der Waals surface area (Å²) >= 11 is 5.93. The van der Waals surface area contributed by atoms with Crippen LogP contribution in [-0.4, -0.2) is 32.9 Å². The Balaban J connectivity index is 1.72. The fourth-order valence-electron chi connectivity index (χ4n) is 3.27. The van der Waals surface area contributed by atoms with E-state index in [0.717, 1.165) is 11.3 Å². The third-order valence-electron chi connectivity index (χ3n) is 4.60. The van der Waals surface area contributed by atoms with Crippen LogP contribution in [-0.2, 0) is 4.79 Å². The van der Waals surface area contributed by atoms with Crippen LogP contribution in [0.5, 0.6) is 0 Å². The first-order valence-electron chi connectivity index (χ1n) is 8.48. The molecule has 3 aromatic rings. The van der Waals surface area contributed by atoms with Gasteiger partial charge in [-0.25, -0.2) is 4.79 Å². The molecule has 2 heterocycles. The first-order chi connectivity index (χ1) is 13.5. The minimum Gasteiger partial charge on any atom is -0.478 e. The van der Waals surface area contributed by atoms with E-state index in [4.69, 9.17) is 11.6 Å². The van der Waals surface area contributed by atoms with E-state index in [9.17, 15) is 14.7 Å². The van der Waals surface area contributed by atoms with Crippen molar-refractivity contribution in [2.24, 2.45) is 5.10 Å². The molecule has 0 saturated carbocycles. The molecule has 2 N–H and O–H groups in total. The van der Waals surface area contributed by atoms with Crippen LogP contribution in [0.1, 0.15) is 28.8 Å². The number of hydrogen-bond acceptors (Lipinski definition) is 4. The molecule has 140 valence electrons. The van der Waals surface area contributed by atoms with Crippen LogP contribution in [0.2, 0.25) is 5.02 Å². The fourth-order valence-corrected chi connectivity index (χ4v) is 3.47. The van der Waals surface area contributed by atoms with Crippen molar-refractivity contribution in [3.63, 3.8) is 0 Å². The second-order valence-electron chi connectivity index (χ2n) is 6.36. The number of anilines is 1. The number of halogens is 1. The summed E-state index contributed by atoms with van der Waals surface area (Å²) in [6, 6.07) is 13.9. The maximum absolute atomic E-state index is 13.2. The van der Waals surface area contributed by atoms with Gasteiger partial charge < -0.3 is 5.11 Å². The lowest BCUT2D eigenvalue weighted by Crippen LogP contribution is -2.26. The second-order valence-corrected chi connectivity index (χ2v) is 6.77. The molecule has 1 aromatic heterocycles. The Morgan fingerprint density at radius 1 is 1.21 bits per heavy atom. The summed E-state index contributed by atoms with van der Waals surface area (Å²) in [5, 5.41) is 22.0. The summed E-state index contributed by atoms with van der Waals surface area (Å²) in [6.45, 7) is 1.76. The lowest BCUT2D eigenvalue weighted by molar-refractivity contribution is -0.118. The summed E-state index contributed by atoms with van der Waals surface area (Å²) in [4.78, 5) is 24.5. The highest BCUT2D eigenvalue weighted by molar-refractivity contribution is 6.33. The lowest BCUT2D eigenvalue weighted by Gasteiger charge is -2.15. The van der Waals surface area contributed by atoms with Gasteiger partial charge in [-0.05, 0) is 30.7 Å². The number of carbonyl (C=O) groups excluding carboxylic acids is 1. The van der Waals surface area contributed by atoms with Crippen molar-refractivity contribution < 1.29 is 14.7 Å². The molecule has 0 radical (unpaired) electrons. The number of carbonyl (C=O) groups is 2. The Morgan fingerprint density at radius 2 is 1.96 bits per heavy atom. The van der Waals surface area contributed by atoms with Crippen LogP contribution in [0, 0.1) is 0 Å². The molecule has 0 saturated heterocycles. The normalized spacial score (nSPS) is 16.4. The van der Waals surface area contributed by atoms with Crippen LogP contribution in [0.4, 0.5) is 5.69 Å². The van der Waals surface area contributed by atoms with Gasteiger partial charge in [0, 0.05) is 5.56 Å². The Hall–Kier alpha value is -3.45. The molecule has 0 bridgehead atoms. The summed E-state index contributed by atoms with van der Waals surface area (Å²) < 4.78 is 0. The largest absolute Gasteiger partial charge is 0.478 e. The number of hydrazone groups is 1. The molecular formula is C20H15ClN4O3. The average molecular weight is 395 g/mol. The summed E-state index contributed by atoms with van der Waals surface area (Å²) in [7, 11) is 0. The number of carboxylic acids is 1. The zero-order chi connectivity index (χ0) is 19.8. The molecule has 1 atom stereocenters. The Morgan fingerprint density at radius 3 is 2.68 bits per heavy atom. The van der Waals surface area contributed by atoms with Crippen molar-refractivity contribution >= 4 is 34.9 Å². The molecule has 7 nitrogen and oxygen atoms in total. The smallest absolute Gasteiger partial charge is 0.337 e. The predicted octanol–water partition coefficient (Wildman–Crippen LogP) is 3.93. The van der Waals surface area contributed by atoms with Gasteiger partial charge in [-0.2, -0.15) is 15.2 Å². The Labute approximate surface area is 165 Å². The number of rotatable bonds is 4. The number of nitrogens with one attached hydrogen (secondary N) is 1. The highest BCUT2D eigenvalue weighted by Crippen LogP contribution is 2.35. The number of amides is 1. The number of nitrogens with zero attached hydrogens (tertiary/aromatic N) is 3. The summed E-state index contributed by atoms with van der Waals surface area (Å²) in [6.07, 6.45) is 1.62. The van der Waals surface area contributed by atoms with Gasteiger partial charge in [0.15, 0.2) is 0 Å². The quantitative estimate of drug-likeness (QED) is 0.700. The highest BCUT2D eigenvalue weighted by Gasteiger charge is 2.38. The van der Waals surface area contributed by atoms with Gasteiger partial charge in [0.25, 0.3) is 5.91 Å². The van der Waals surface area contributed by atoms with Gasteiger partial charge >= 0.3 is 5.97 Å². The number of benzene rings is 2. The van der Waals surface area contributed by atoms with E-state index in [1.54, 1.807) is 19.2 Å². The van der Waals surface area contributed by atoms with Gasteiger partial charge in [0.05, 0.1) is 33.9 Å². The number of carboxylic acid groups (broad SMARTS) is 1. The van der Waals surface area contributed by atoms with E-state index in [1.165, 1.54) is 17.1 Å². The van der Waals surface area contributed by atoms with Crippen LogP contribution < -0.4 is 5.01 Å². The molecule has 0 unspecified atom stereocenters. The topological polar surface area (TPSA) is 98.7 Å². The first kappa shape index (κ1) is 17.9. The van der Waals surface area contributed by atoms with E-state index in [2.05, 4.69) is 15.3 Å². The third kappa shape index (κ3) is 2.95. The van der Waals surface area contributed by atoms with Crippen LogP contribution >= 0.6 is 11.6 Å². The van der Waals surface area contributed by atoms with E-state index < -0.39 is 11.9 Å². The molecule has 8 heteroatoms. The van der Waals surface area contributed by atoms with E-state index >= 15 is 0 Å². The molecule has 2 aromatic carbocycles. The zero-order valence-corrected chi connectivity index (χ0v) is 15.5. The molecule has 1 aliphatic rings. The molecular weight excluding hydrogens is 380 g/mol. The molecule has 0 fully saturated rings. The molecule has 4 rings (SSSR count). The summed E-state index contributed by atoms with van der Waals surface area (Å²) in [5.41, 5.74) is 3.23. The Bertz CT molecular complexity index is 1110.